The summed E-state index contributed by atoms with van der Waals surface area (Å²) in [5, 5.41) is 2.77. The first-order valence-electron chi connectivity index (χ1n) is 6.79. The molecule has 0 fully saturated rings. The van der Waals surface area contributed by atoms with E-state index in [1.807, 2.05) is 6.92 Å². The molecule has 1 aromatic carbocycles. The van der Waals surface area contributed by atoms with Crippen molar-refractivity contribution in [2.45, 2.75) is 33.2 Å². The van der Waals surface area contributed by atoms with Crippen molar-refractivity contribution in [2.75, 3.05) is 13.1 Å². The lowest BCUT2D eigenvalue weighted by molar-refractivity contribution is -0.130. The molecule has 4 nitrogen and oxygen atoms in total. The summed E-state index contributed by atoms with van der Waals surface area (Å²) in [5.41, 5.74) is 0.862. The van der Waals surface area contributed by atoms with Crippen molar-refractivity contribution in [2.24, 2.45) is 0 Å². The van der Waals surface area contributed by atoms with Gasteiger partial charge in [0.15, 0.2) is 0 Å². The molecule has 0 saturated carbocycles. The van der Waals surface area contributed by atoms with Crippen LogP contribution in [-0.2, 0) is 16.1 Å². The third-order valence-electron chi connectivity index (χ3n) is 2.91. The molecule has 5 heteroatoms. The number of nitrogens with one attached hydrogen (secondary N) is 1. The fourth-order valence-electron chi connectivity index (χ4n) is 1.80. The van der Waals surface area contributed by atoms with Crippen molar-refractivity contribution < 1.29 is 14.0 Å². The van der Waals surface area contributed by atoms with Gasteiger partial charge >= 0.3 is 0 Å². The topological polar surface area (TPSA) is 49.4 Å². The SMILES string of the molecule is CCCC(=O)NCCN(Cc1ccc(F)cc1)C(C)=O. The molecule has 1 rings (SSSR count). The smallest absolute Gasteiger partial charge is 0.220 e. The number of carbonyl (C=O) groups is 2. The highest BCUT2D eigenvalue weighted by Crippen LogP contribution is 2.06. The fourth-order valence-corrected chi connectivity index (χ4v) is 1.80. The standard InChI is InChI=1S/C15H21FN2O2/c1-3-4-15(20)17-9-10-18(12(2)19)11-13-5-7-14(16)8-6-13/h5-8H,3-4,9-11H2,1-2H3,(H,17,20). The van der Waals surface area contributed by atoms with Gasteiger partial charge in [0.05, 0.1) is 0 Å². The lowest BCUT2D eigenvalue weighted by Gasteiger charge is -2.21. The van der Waals surface area contributed by atoms with Crippen molar-refractivity contribution in [3.05, 3.63) is 35.6 Å². The van der Waals surface area contributed by atoms with Crippen LogP contribution in [0.5, 0.6) is 0 Å². The van der Waals surface area contributed by atoms with Gasteiger partial charge in [-0.05, 0) is 24.1 Å². The van der Waals surface area contributed by atoms with Crippen molar-refractivity contribution in [3.8, 4) is 0 Å². The number of amides is 2. The Kier molecular flexibility index (Phi) is 6.70. The van der Waals surface area contributed by atoms with Crippen LogP contribution in [0, 0.1) is 5.82 Å². The van der Waals surface area contributed by atoms with E-state index in [1.54, 1.807) is 17.0 Å². The Morgan fingerprint density at radius 3 is 2.45 bits per heavy atom. The van der Waals surface area contributed by atoms with Crippen LogP contribution in [0.15, 0.2) is 24.3 Å². The highest BCUT2D eigenvalue weighted by Gasteiger charge is 2.10. The third-order valence-corrected chi connectivity index (χ3v) is 2.91. The van der Waals surface area contributed by atoms with Crippen LogP contribution in [-0.4, -0.2) is 29.8 Å². The van der Waals surface area contributed by atoms with Crippen molar-refractivity contribution in [3.63, 3.8) is 0 Å². The molecule has 1 N–H and O–H groups in total. The van der Waals surface area contributed by atoms with Gasteiger partial charge in [0.2, 0.25) is 11.8 Å². The maximum atomic E-state index is 12.8. The molecule has 0 atom stereocenters. The predicted octanol–water partition coefficient (Wildman–Crippen LogP) is 2.09. The minimum atomic E-state index is -0.296. The molecular formula is C15H21FN2O2. The van der Waals surface area contributed by atoms with E-state index in [4.69, 9.17) is 0 Å². The van der Waals surface area contributed by atoms with Crippen LogP contribution in [0.3, 0.4) is 0 Å². The van der Waals surface area contributed by atoms with Crippen LogP contribution in [0.25, 0.3) is 0 Å². The average molecular weight is 280 g/mol. The van der Waals surface area contributed by atoms with E-state index >= 15 is 0 Å². The second kappa shape index (κ2) is 8.30. The Labute approximate surface area is 119 Å². The Bertz CT molecular complexity index is 446. The molecule has 2 amide bonds. The molecule has 0 unspecified atom stereocenters. The van der Waals surface area contributed by atoms with Crippen molar-refractivity contribution >= 4 is 11.8 Å². The zero-order valence-electron chi connectivity index (χ0n) is 12.0. The van der Waals surface area contributed by atoms with E-state index in [0.29, 0.717) is 26.1 Å². The zero-order chi connectivity index (χ0) is 15.0. The average Bonchev–Trinajstić information content (AvgIpc) is 2.40. The number of carbonyl (C=O) groups excluding carboxylic acids is 2. The van der Waals surface area contributed by atoms with Crippen molar-refractivity contribution in [1.29, 1.82) is 0 Å². The maximum absolute atomic E-state index is 12.8. The van der Waals surface area contributed by atoms with Gasteiger partial charge in [-0.1, -0.05) is 19.1 Å². The van der Waals surface area contributed by atoms with Crippen LogP contribution in [0.4, 0.5) is 4.39 Å². The first kappa shape index (κ1) is 16.1. The Hall–Kier alpha value is -1.91. The van der Waals surface area contributed by atoms with Gasteiger partial charge in [-0.15, -0.1) is 0 Å². The zero-order valence-corrected chi connectivity index (χ0v) is 12.0. The molecule has 0 aromatic heterocycles. The molecule has 20 heavy (non-hydrogen) atoms. The number of rotatable bonds is 7. The summed E-state index contributed by atoms with van der Waals surface area (Å²) in [6, 6.07) is 6.05. The highest BCUT2D eigenvalue weighted by molar-refractivity contribution is 5.76. The summed E-state index contributed by atoms with van der Waals surface area (Å²) in [6.07, 6.45) is 1.30. The van der Waals surface area contributed by atoms with E-state index in [9.17, 15) is 14.0 Å². The molecule has 0 aliphatic carbocycles. The van der Waals surface area contributed by atoms with E-state index in [1.165, 1.54) is 19.1 Å². The van der Waals surface area contributed by atoms with Crippen molar-refractivity contribution in [1.82, 2.24) is 10.2 Å². The minimum Gasteiger partial charge on any atom is -0.354 e. The summed E-state index contributed by atoms with van der Waals surface area (Å²) in [6.45, 7) is 4.72. The van der Waals surface area contributed by atoms with Gasteiger partial charge in [0.25, 0.3) is 0 Å². The first-order valence-corrected chi connectivity index (χ1v) is 6.79. The molecule has 0 aliphatic heterocycles. The molecule has 0 spiro atoms. The van der Waals surface area contributed by atoms with Gasteiger partial charge < -0.3 is 10.2 Å². The molecule has 0 heterocycles. The minimum absolute atomic E-state index is 0.00205. The van der Waals surface area contributed by atoms with E-state index < -0.39 is 0 Å². The molecule has 0 saturated heterocycles. The van der Waals surface area contributed by atoms with Crippen LogP contribution in [0.1, 0.15) is 32.3 Å². The normalized spacial score (nSPS) is 10.2. The molecule has 0 radical (unpaired) electrons. The molecular weight excluding hydrogens is 259 g/mol. The van der Waals surface area contributed by atoms with Gasteiger partial charge in [0, 0.05) is 33.0 Å². The van der Waals surface area contributed by atoms with E-state index in [0.717, 1.165) is 12.0 Å². The quantitative estimate of drug-likeness (QED) is 0.831. The lowest BCUT2D eigenvalue weighted by atomic mass is 10.2. The Morgan fingerprint density at radius 1 is 1.25 bits per heavy atom. The lowest BCUT2D eigenvalue weighted by Crippen LogP contribution is -2.37. The number of hydrogen-bond donors (Lipinski definition) is 1. The van der Waals surface area contributed by atoms with Crippen LogP contribution >= 0.6 is 0 Å². The van der Waals surface area contributed by atoms with Gasteiger partial charge in [-0.25, -0.2) is 4.39 Å². The summed E-state index contributed by atoms with van der Waals surface area (Å²) in [4.78, 5) is 24.5. The fraction of sp³-hybridized carbons (Fsp3) is 0.467. The van der Waals surface area contributed by atoms with E-state index in [-0.39, 0.29) is 17.6 Å². The van der Waals surface area contributed by atoms with Gasteiger partial charge in [-0.3, -0.25) is 9.59 Å². The predicted molar refractivity (Wildman–Crippen MR) is 75.4 cm³/mol. The van der Waals surface area contributed by atoms with Gasteiger partial charge in [-0.2, -0.15) is 0 Å². The van der Waals surface area contributed by atoms with Crippen LogP contribution < -0.4 is 5.32 Å². The monoisotopic (exact) mass is 280 g/mol. The molecule has 1 aromatic rings. The number of nitrogens with zero attached hydrogens (tertiary/aromatic N) is 1. The first-order chi connectivity index (χ1) is 9.52. The maximum Gasteiger partial charge on any atom is 0.220 e. The highest BCUT2D eigenvalue weighted by atomic mass is 19.1. The Morgan fingerprint density at radius 2 is 1.90 bits per heavy atom. The molecule has 110 valence electrons. The summed E-state index contributed by atoms with van der Waals surface area (Å²) in [5.74, 6) is -0.369. The summed E-state index contributed by atoms with van der Waals surface area (Å²) >= 11 is 0. The number of benzene rings is 1. The number of halogens is 1. The largest absolute Gasteiger partial charge is 0.354 e. The van der Waals surface area contributed by atoms with Crippen LogP contribution in [0.2, 0.25) is 0 Å². The van der Waals surface area contributed by atoms with Gasteiger partial charge in [0.1, 0.15) is 5.82 Å². The third kappa shape index (κ3) is 5.82. The second-order valence-corrected chi connectivity index (χ2v) is 4.67. The molecule has 0 bridgehead atoms. The summed E-state index contributed by atoms with van der Waals surface area (Å²) in [7, 11) is 0. The second-order valence-electron chi connectivity index (χ2n) is 4.67. The number of hydrogen-bond acceptors (Lipinski definition) is 2. The summed E-state index contributed by atoms with van der Waals surface area (Å²) < 4.78 is 12.8. The van der Waals surface area contributed by atoms with E-state index in [2.05, 4.69) is 5.32 Å². The molecule has 0 aliphatic rings. The Balaban J connectivity index is 2.46.